The number of alkyl halides is 1. The molecule has 2 aromatic carbocycles. The molecule has 1 aliphatic carbocycles. The summed E-state index contributed by atoms with van der Waals surface area (Å²) in [5.41, 5.74) is 1.39. The third-order valence-electron chi connectivity index (χ3n) is 4.81. The first-order valence-corrected chi connectivity index (χ1v) is 9.05. The normalized spacial score (nSPS) is 19.7. The Kier molecular flexibility index (Phi) is 5.47. The molecule has 25 heavy (non-hydrogen) atoms. The van der Waals surface area contributed by atoms with Crippen LogP contribution in [0.15, 0.2) is 66.8 Å². The van der Waals surface area contributed by atoms with Crippen LogP contribution in [0.2, 0.25) is 0 Å². The monoisotopic (exact) mass is 338 g/mol. The van der Waals surface area contributed by atoms with Crippen LogP contribution < -0.4 is 0 Å². The number of allylic oxidation sites excluding steroid dienone is 4. The van der Waals surface area contributed by atoms with E-state index in [0.717, 1.165) is 18.4 Å². The first kappa shape index (κ1) is 17.6. The lowest BCUT2D eigenvalue weighted by atomic mass is 9.78. The average molecular weight is 338 g/mol. The number of rotatable bonds is 6. The quantitative estimate of drug-likeness (QED) is 0.510. The molecular formula is C23H24F2. The fraction of sp³-hybridized carbons (Fsp3) is 0.304. The van der Waals surface area contributed by atoms with Crippen LogP contribution in [0.4, 0.5) is 8.78 Å². The predicted octanol–water partition coefficient (Wildman–Crippen LogP) is 6.77. The fourth-order valence-corrected chi connectivity index (χ4v) is 3.44. The molecule has 2 aromatic rings. The van der Waals surface area contributed by atoms with E-state index in [1.165, 1.54) is 30.5 Å². The summed E-state index contributed by atoms with van der Waals surface area (Å²) in [4.78, 5) is 0. The molecule has 0 heterocycles. The molecule has 0 N–H and O–H groups in total. The molecule has 0 aliphatic heterocycles. The zero-order valence-electron chi connectivity index (χ0n) is 14.6. The van der Waals surface area contributed by atoms with E-state index in [-0.39, 0.29) is 6.42 Å². The summed E-state index contributed by atoms with van der Waals surface area (Å²) >= 11 is 0. The SMILES string of the molecule is CCCCCc1cccc(C2=CC=CCC2(F)c2cccc(F)c2)c1. The fourth-order valence-electron chi connectivity index (χ4n) is 3.44. The van der Waals surface area contributed by atoms with Gasteiger partial charge in [0.25, 0.3) is 0 Å². The van der Waals surface area contributed by atoms with Crippen molar-refractivity contribution in [2.75, 3.05) is 0 Å². The Labute approximate surface area is 148 Å². The zero-order valence-corrected chi connectivity index (χ0v) is 14.6. The van der Waals surface area contributed by atoms with Gasteiger partial charge in [0.1, 0.15) is 5.82 Å². The van der Waals surface area contributed by atoms with E-state index in [4.69, 9.17) is 0 Å². The molecule has 0 bridgehead atoms. The van der Waals surface area contributed by atoms with Crippen molar-refractivity contribution >= 4 is 5.57 Å². The van der Waals surface area contributed by atoms with E-state index in [1.54, 1.807) is 18.2 Å². The van der Waals surface area contributed by atoms with E-state index in [2.05, 4.69) is 19.1 Å². The molecule has 0 radical (unpaired) electrons. The van der Waals surface area contributed by atoms with Crippen molar-refractivity contribution in [2.24, 2.45) is 0 Å². The van der Waals surface area contributed by atoms with Gasteiger partial charge in [-0.25, -0.2) is 8.78 Å². The van der Waals surface area contributed by atoms with Gasteiger partial charge in [-0.3, -0.25) is 0 Å². The maximum Gasteiger partial charge on any atom is 0.165 e. The Balaban J connectivity index is 1.95. The van der Waals surface area contributed by atoms with Gasteiger partial charge in [-0.15, -0.1) is 0 Å². The van der Waals surface area contributed by atoms with Gasteiger partial charge in [-0.2, -0.15) is 0 Å². The average Bonchev–Trinajstić information content (AvgIpc) is 2.63. The van der Waals surface area contributed by atoms with Crippen LogP contribution in [0.1, 0.15) is 49.3 Å². The van der Waals surface area contributed by atoms with Gasteiger partial charge < -0.3 is 0 Å². The van der Waals surface area contributed by atoms with Crippen LogP contribution in [0.3, 0.4) is 0 Å². The lowest BCUT2D eigenvalue weighted by Crippen LogP contribution is -2.23. The summed E-state index contributed by atoms with van der Waals surface area (Å²) in [5, 5.41) is 0. The largest absolute Gasteiger partial charge is 0.233 e. The molecule has 0 saturated carbocycles. The smallest absolute Gasteiger partial charge is 0.165 e. The molecule has 2 heteroatoms. The van der Waals surface area contributed by atoms with Crippen molar-refractivity contribution in [3.05, 3.63) is 89.3 Å². The number of hydrogen-bond donors (Lipinski definition) is 0. The van der Waals surface area contributed by atoms with Gasteiger partial charge in [-0.1, -0.05) is 74.4 Å². The molecule has 0 fully saturated rings. The first-order valence-electron chi connectivity index (χ1n) is 9.05. The summed E-state index contributed by atoms with van der Waals surface area (Å²) in [6.45, 7) is 2.19. The van der Waals surface area contributed by atoms with E-state index < -0.39 is 11.5 Å². The van der Waals surface area contributed by atoms with Crippen LogP contribution >= 0.6 is 0 Å². The van der Waals surface area contributed by atoms with Crippen molar-refractivity contribution in [2.45, 2.75) is 44.7 Å². The molecule has 3 rings (SSSR count). The molecule has 1 aliphatic rings. The van der Waals surface area contributed by atoms with Crippen molar-refractivity contribution in [3.8, 4) is 0 Å². The van der Waals surface area contributed by atoms with Gasteiger partial charge in [0.15, 0.2) is 5.67 Å². The molecule has 1 unspecified atom stereocenters. The van der Waals surface area contributed by atoms with Crippen molar-refractivity contribution in [3.63, 3.8) is 0 Å². The van der Waals surface area contributed by atoms with Crippen LogP contribution in [0, 0.1) is 5.82 Å². The van der Waals surface area contributed by atoms with Crippen LogP contribution in [0.5, 0.6) is 0 Å². The third kappa shape index (κ3) is 3.89. The third-order valence-corrected chi connectivity index (χ3v) is 4.81. The minimum Gasteiger partial charge on any atom is -0.233 e. The second kappa shape index (κ2) is 7.77. The van der Waals surface area contributed by atoms with Gasteiger partial charge in [0.05, 0.1) is 0 Å². The molecule has 0 nitrogen and oxygen atoms in total. The predicted molar refractivity (Wildman–Crippen MR) is 101 cm³/mol. The molecule has 0 saturated heterocycles. The molecule has 1 atom stereocenters. The summed E-state index contributed by atoms with van der Waals surface area (Å²) in [6.07, 6.45) is 10.3. The molecule has 130 valence electrons. The summed E-state index contributed by atoms with van der Waals surface area (Å²) in [6, 6.07) is 14.0. The van der Waals surface area contributed by atoms with E-state index in [0.29, 0.717) is 11.1 Å². The van der Waals surface area contributed by atoms with E-state index in [1.807, 2.05) is 24.3 Å². The highest BCUT2D eigenvalue weighted by Crippen LogP contribution is 2.45. The maximum absolute atomic E-state index is 16.0. The van der Waals surface area contributed by atoms with Crippen molar-refractivity contribution in [1.82, 2.24) is 0 Å². The molecule has 0 aromatic heterocycles. The van der Waals surface area contributed by atoms with Gasteiger partial charge in [0, 0.05) is 12.0 Å². The number of halogens is 2. The first-order chi connectivity index (χ1) is 12.1. The van der Waals surface area contributed by atoms with Gasteiger partial charge in [0.2, 0.25) is 0 Å². The molecule has 0 amide bonds. The van der Waals surface area contributed by atoms with Crippen LogP contribution in [0.25, 0.3) is 5.57 Å². The standard InChI is InChI=1S/C23H24F2/c1-2-3-4-9-18-10-7-11-19(16-18)22-14-5-6-15-23(22,25)20-12-8-13-21(24)17-20/h5-8,10-14,16-17H,2-4,9,15H2,1H3. The van der Waals surface area contributed by atoms with Crippen LogP contribution in [-0.4, -0.2) is 0 Å². The second-order valence-electron chi connectivity index (χ2n) is 6.68. The lowest BCUT2D eigenvalue weighted by Gasteiger charge is -2.30. The Bertz CT molecular complexity index is 788. The topological polar surface area (TPSA) is 0 Å². The minimum atomic E-state index is -1.70. The number of benzene rings is 2. The highest BCUT2D eigenvalue weighted by molar-refractivity contribution is 5.76. The summed E-state index contributed by atoms with van der Waals surface area (Å²) < 4.78 is 29.6. The molecular weight excluding hydrogens is 314 g/mol. The maximum atomic E-state index is 16.0. The lowest BCUT2D eigenvalue weighted by molar-refractivity contribution is 0.249. The number of aryl methyl sites for hydroxylation is 1. The van der Waals surface area contributed by atoms with Gasteiger partial charge in [-0.05, 0) is 41.7 Å². The summed E-state index contributed by atoms with van der Waals surface area (Å²) in [5.74, 6) is -0.406. The highest BCUT2D eigenvalue weighted by atomic mass is 19.1. The van der Waals surface area contributed by atoms with E-state index in [9.17, 15) is 4.39 Å². The Morgan fingerprint density at radius 2 is 1.88 bits per heavy atom. The minimum absolute atomic E-state index is 0.225. The number of hydrogen-bond acceptors (Lipinski definition) is 0. The second-order valence-corrected chi connectivity index (χ2v) is 6.68. The Morgan fingerprint density at radius 3 is 2.68 bits per heavy atom. The Morgan fingerprint density at radius 1 is 1.04 bits per heavy atom. The molecule has 0 spiro atoms. The highest BCUT2D eigenvalue weighted by Gasteiger charge is 2.37. The number of unbranched alkanes of at least 4 members (excludes halogenated alkanes) is 2. The zero-order chi connectivity index (χ0) is 17.7. The van der Waals surface area contributed by atoms with Crippen molar-refractivity contribution < 1.29 is 8.78 Å². The summed E-state index contributed by atoms with van der Waals surface area (Å²) in [7, 11) is 0. The van der Waals surface area contributed by atoms with Gasteiger partial charge >= 0.3 is 0 Å². The Hall–Kier alpha value is -2.22. The van der Waals surface area contributed by atoms with E-state index >= 15 is 4.39 Å². The van der Waals surface area contributed by atoms with Crippen molar-refractivity contribution in [1.29, 1.82) is 0 Å². The van der Waals surface area contributed by atoms with Crippen LogP contribution in [-0.2, 0) is 12.1 Å².